The average molecular weight is 251 g/mol. The van der Waals surface area contributed by atoms with Crippen molar-refractivity contribution in [3.05, 3.63) is 28.5 Å². The van der Waals surface area contributed by atoms with Gasteiger partial charge in [-0.2, -0.15) is 0 Å². The van der Waals surface area contributed by atoms with Crippen molar-refractivity contribution in [2.45, 2.75) is 20.8 Å². The number of nitrogens with zero attached hydrogens (tertiary/aromatic N) is 2. The molecule has 0 amide bonds. The first-order valence-electron chi connectivity index (χ1n) is 5.46. The minimum absolute atomic E-state index is 0.279. The Labute approximate surface area is 104 Å². The van der Waals surface area contributed by atoms with E-state index in [1.807, 2.05) is 26.0 Å². The van der Waals surface area contributed by atoms with Gasteiger partial charge in [-0.25, -0.2) is 14.4 Å². The summed E-state index contributed by atoms with van der Waals surface area (Å²) < 4.78 is 13.7. The van der Waals surface area contributed by atoms with E-state index in [1.54, 1.807) is 18.3 Å². The van der Waals surface area contributed by atoms with Crippen LogP contribution in [0, 0.1) is 19.7 Å². The highest BCUT2D eigenvalue weighted by Gasteiger charge is 2.12. The molecule has 2 heterocycles. The van der Waals surface area contributed by atoms with Crippen LogP contribution in [0.5, 0.6) is 0 Å². The number of halogens is 1. The summed E-state index contributed by atoms with van der Waals surface area (Å²) in [5, 5.41) is 2.91. The van der Waals surface area contributed by atoms with Crippen molar-refractivity contribution in [1.82, 2.24) is 9.97 Å². The predicted molar refractivity (Wildman–Crippen MR) is 68.9 cm³/mol. The monoisotopic (exact) mass is 251 g/mol. The van der Waals surface area contributed by atoms with Crippen LogP contribution in [0.15, 0.2) is 12.1 Å². The van der Waals surface area contributed by atoms with Gasteiger partial charge in [-0.3, -0.25) is 0 Å². The molecule has 2 aromatic heterocycles. The number of aromatic nitrogens is 2. The molecule has 0 aliphatic rings. The van der Waals surface area contributed by atoms with E-state index in [2.05, 4.69) is 15.3 Å². The van der Waals surface area contributed by atoms with Gasteiger partial charge in [0.15, 0.2) is 17.5 Å². The third-order valence-electron chi connectivity index (χ3n) is 2.32. The summed E-state index contributed by atoms with van der Waals surface area (Å²) in [5.74, 6) is 0.489. The van der Waals surface area contributed by atoms with Gasteiger partial charge in [0.25, 0.3) is 0 Å². The lowest BCUT2D eigenvalue weighted by Gasteiger charge is -2.07. The standard InChI is InChI=1S/C12H14FN3S/c1-4-14-12-10(13)8(3)15-11(16-12)9-6-5-7(2)17-9/h5-6H,4H2,1-3H3,(H,14,15,16). The highest BCUT2D eigenvalue weighted by atomic mass is 32.1. The summed E-state index contributed by atoms with van der Waals surface area (Å²) in [6.07, 6.45) is 0. The molecule has 90 valence electrons. The summed E-state index contributed by atoms with van der Waals surface area (Å²) in [6, 6.07) is 3.97. The van der Waals surface area contributed by atoms with Crippen LogP contribution >= 0.6 is 11.3 Å². The van der Waals surface area contributed by atoms with Crippen LogP contribution in [0.1, 0.15) is 17.5 Å². The molecule has 17 heavy (non-hydrogen) atoms. The third kappa shape index (κ3) is 2.44. The molecule has 1 N–H and O–H groups in total. The van der Waals surface area contributed by atoms with E-state index < -0.39 is 0 Å². The van der Waals surface area contributed by atoms with Crippen molar-refractivity contribution in [2.75, 3.05) is 11.9 Å². The Balaban J connectivity index is 2.48. The zero-order valence-corrected chi connectivity index (χ0v) is 10.9. The maximum Gasteiger partial charge on any atom is 0.186 e. The summed E-state index contributed by atoms with van der Waals surface area (Å²) >= 11 is 1.61. The van der Waals surface area contributed by atoms with Crippen molar-refractivity contribution in [3.8, 4) is 10.7 Å². The van der Waals surface area contributed by atoms with Gasteiger partial charge < -0.3 is 5.32 Å². The lowest BCUT2D eigenvalue weighted by Crippen LogP contribution is -2.06. The molecular formula is C12H14FN3S. The van der Waals surface area contributed by atoms with Crippen molar-refractivity contribution in [2.24, 2.45) is 0 Å². The van der Waals surface area contributed by atoms with E-state index >= 15 is 0 Å². The van der Waals surface area contributed by atoms with Gasteiger partial charge in [0.05, 0.1) is 10.6 Å². The van der Waals surface area contributed by atoms with Gasteiger partial charge in [-0.05, 0) is 32.9 Å². The fourth-order valence-corrected chi connectivity index (χ4v) is 2.31. The van der Waals surface area contributed by atoms with E-state index in [9.17, 15) is 4.39 Å². The topological polar surface area (TPSA) is 37.8 Å². The van der Waals surface area contributed by atoms with Gasteiger partial charge in [-0.1, -0.05) is 0 Å². The minimum Gasteiger partial charge on any atom is -0.368 e. The Morgan fingerprint density at radius 2 is 2.06 bits per heavy atom. The third-order valence-corrected chi connectivity index (χ3v) is 3.32. The quantitative estimate of drug-likeness (QED) is 0.908. The van der Waals surface area contributed by atoms with Crippen LogP contribution in [-0.2, 0) is 0 Å². The molecule has 0 radical (unpaired) electrons. The Morgan fingerprint density at radius 3 is 2.65 bits per heavy atom. The molecule has 0 aliphatic heterocycles. The maximum atomic E-state index is 13.7. The lowest BCUT2D eigenvalue weighted by molar-refractivity contribution is 0.606. The van der Waals surface area contributed by atoms with Crippen LogP contribution in [-0.4, -0.2) is 16.5 Å². The van der Waals surface area contributed by atoms with E-state index in [0.29, 0.717) is 18.1 Å². The van der Waals surface area contributed by atoms with Crippen LogP contribution in [0.2, 0.25) is 0 Å². The van der Waals surface area contributed by atoms with Gasteiger partial charge in [0.2, 0.25) is 0 Å². The molecule has 0 saturated carbocycles. The van der Waals surface area contributed by atoms with Crippen LogP contribution in [0.3, 0.4) is 0 Å². The SMILES string of the molecule is CCNc1nc(-c2ccc(C)s2)nc(C)c1F. The first-order valence-corrected chi connectivity index (χ1v) is 6.28. The fourth-order valence-electron chi connectivity index (χ4n) is 1.51. The molecule has 0 atom stereocenters. The van der Waals surface area contributed by atoms with E-state index in [1.165, 1.54) is 4.88 Å². The minimum atomic E-state index is -0.371. The predicted octanol–water partition coefficient (Wildman–Crippen LogP) is 3.39. The smallest absolute Gasteiger partial charge is 0.186 e. The number of nitrogens with one attached hydrogen (secondary N) is 1. The largest absolute Gasteiger partial charge is 0.368 e. The normalized spacial score (nSPS) is 10.6. The molecule has 5 heteroatoms. The molecule has 0 fully saturated rings. The molecule has 0 bridgehead atoms. The highest BCUT2D eigenvalue weighted by molar-refractivity contribution is 7.15. The number of anilines is 1. The van der Waals surface area contributed by atoms with Gasteiger partial charge >= 0.3 is 0 Å². The molecule has 0 unspecified atom stereocenters. The van der Waals surface area contributed by atoms with Crippen LogP contribution < -0.4 is 5.32 Å². The van der Waals surface area contributed by atoms with E-state index in [-0.39, 0.29) is 11.6 Å². The second kappa shape index (κ2) is 4.79. The van der Waals surface area contributed by atoms with Gasteiger partial charge in [-0.15, -0.1) is 11.3 Å². The Kier molecular flexibility index (Phi) is 3.38. The lowest BCUT2D eigenvalue weighted by atomic mass is 10.3. The summed E-state index contributed by atoms with van der Waals surface area (Å²) in [6.45, 7) is 6.22. The molecule has 0 saturated heterocycles. The van der Waals surface area contributed by atoms with Gasteiger partial charge in [0.1, 0.15) is 0 Å². The molecule has 3 nitrogen and oxygen atoms in total. The van der Waals surface area contributed by atoms with E-state index in [0.717, 1.165) is 4.88 Å². The van der Waals surface area contributed by atoms with Crippen LogP contribution in [0.25, 0.3) is 10.7 Å². The zero-order chi connectivity index (χ0) is 12.4. The summed E-state index contributed by atoms with van der Waals surface area (Å²) in [4.78, 5) is 10.6. The first-order chi connectivity index (χ1) is 8.11. The van der Waals surface area contributed by atoms with Crippen LogP contribution in [0.4, 0.5) is 10.2 Å². The Hall–Kier alpha value is -1.49. The highest BCUT2D eigenvalue weighted by Crippen LogP contribution is 2.27. The average Bonchev–Trinajstić information content (AvgIpc) is 2.71. The Bertz CT molecular complexity index is 537. The number of hydrogen-bond donors (Lipinski definition) is 1. The van der Waals surface area contributed by atoms with Crippen molar-refractivity contribution < 1.29 is 4.39 Å². The molecule has 0 aliphatic carbocycles. The first kappa shape index (κ1) is 12.0. The fraction of sp³-hybridized carbons (Fsp3) is 0.333. The number of aryl methyl sites for hydroxylation is 2. The van der Waals surface area contributed by atoms with Gasteiger partial charge in [0, 0.05) is 11.4 Å². The molecule has 0 spiro atoms. The second-order valence-corrected chi connectivity index (χ2v) is 5.02. The molecule has 2 aromatic rings. The number of rotatable bonds is 3. The van der Waals surface area contributed by atoms with Crippen molar-refractivity contribution in [1.29, 1.82) is 0 Å². The summed E-state index contributed by atoms with van der Waals surface area (Å²) in [5.41, 5.74) is 0.372. The number of thiophene rings is 1. The van der Waals surface area contributed by atoms with E-state index in [4.69, 9.17) is 0 Å². The Morgan fingerprint density at radius 1 is 1.29 bits per heavy atom. The van der Waals surface area contributed by atoms with Crippen molar-refractivity contribution >= 4 is 17.2 Å². The molecular weight excluding hydrogens is 237 g/mol. The summed E-state index contributed by atoms with van der Waals surface area (Å²) in [7, 11) is 0. The number of hydrogen-bond acceptors (Lipinski definition) is 4. The maximum absolute atomic E-state index is 13.7. The van der Waals surface area contributed by atoms with Crippen molar-refractivity contribution in [3.63, 3.8) is 0 Å². The molecule has 0 aromatic carbocycles. The second-order valence-electron chi connectivity index (χ2n) is 3.74. The molecule has 2 rings (SSSR count). The zero-order valence-electron chi connectivity index (χ0n) is 10.0.